The molecule has 5 rings (SSSR count). The summed E-state index contributed by atoms with van der Waals surface area (Å²) in [6.07, 6.45) is 1.11. The van der Waals surface area contributed by atoms with Crippen molar-refractivity contribution in [3.63, 3.8) is 0 Å². The highest BCUT2D eigenvalue weighted by atomic mass is 16.7. The lowest BCUT2D eigenvalue weighted by Gasteiger charge is -2.45. The van der Waals surface area contributed by atoms with Crippen molar-refractivity contribution in [2.45, 2.75) is 18.4 Å². The van der Waals surface area contributed by atoms with Crippen molar-refractivity contribution in [2.24, 2.45) is 11.3 Å². The average molecular weight is 454 g/mol. The van der Waals surface area contributed by atoms with Crippen LogP contribution >= 0.6 is 0 Å². The van der Waals surface area contributed by atoms with Crippen LogP contribution in [0, 0.1) is 11.3 Å². The smallest absolute Gasteiger partial charge is 0.313 e. The molecule has 0 spiro atoms. The standard InChI is InChI=1S/C25H26O8/c1-5-6-25-16(11-31-24(25)27)22(26)15-10-18-17(32-12-33-18)9-14(15)21(25)13-7-19(28-2)23(30-4)20(8-13)29-3/h5,7-10,16,21-22,26H,1,6,11-12H2,2-4H3/t16-,21-,22+,25-/m1/s1. The SMILES string of the molecule is C=CC[C@@]12C(=O)OC[C@@H]1[C@@H](O)c1cc3c(cc1[C@H]2c1cc(OC)c(OC)c(OC)c1)OCO3. The summed E-state index contributed by atoms with van der Waals surface area (Å²) in [6, 6.07) is 7.33. The summed E-state index contributed by atoms with van der Waals surface area (Å²) >= 11 is 0. The van der Waals surface area contributed by atoms with Crippen LogP contribution in [0.5, 0.6) is 28.7 Å². The van der Waals surface area contributed by atoms with Gasteiger partial charge in [-0.3, -0.25) is 4.79 Å². The highest BCUT2D eigenvalue weighted by Crippen LogP contribution is 2.63. The molecule has 3 aliphatic rings. The van der Waals surface area contributed by atoms with Crippen molar-refractivity contribution in [2.75, 3.05) is 34.7 Å². The Bertz CT molecular complexity index is 1100. The van der Waals surface area contributed by atoms with Gasteiger partial charge in [0.1, 0.15) is 0 Å². The Kier molecular flexibility index (Phi) is 5.12. The van der Waals surface area contributed by atoms with Crippen molar-refractivity contribution in [1.82, 2.24) is 0 Å². The van der Waals surface area contributed by atoms with E-state index in [2.05, 4.69) is 6.58 Å². The first-order valence-corrected chi connectivity index (χ1v) is 10.7. The Morgan fingerprint density at radius 3 is 2.24 bits per heavy atom. The summed E-state index contributed by atoms with van der Waals surface area (Å²) in [7, 11) is 4.63. The summed E-state index contributed by atoms with van der Waals surface area (Å²) in [6.45, 7) is 4.12. The molecule has 0 saturated carbocycles. The third-order valence-electron chi connectivity index (χ3n) is 7.04. The molecule has 2 heterocycles. The fourth-order valence-corrected chi connectivity index (χ4v) is 5.61. The second-order valence-corrected chi connectivity index (χ2v) is 8.41. The Balaban J connectivity index is 1.82. The molecule has 1 saturated heterocycles. The number of methoxy groups -OCH3 is 3. The summed E-state index contributed by atoms with van der Waals surface area (Å²) in [5.74, 6) is 1.20. The molecule has 2 aromatic carbocycles. The number of cyclic esters (lactones) is 1. The van der Waals surface area contributed by atoms with Gasteiger partial charge in [0, 0.05) is 11.8 Å². The number of rotatable bonds is 6. The maximum atomic E-state index is 13.4. The third-order valence-corrected chi connectivity index (χ3v) is 7.04. The monoisotopic (exact) mass is 454 g/mol. The number of benzene rings is 2. The average Bonchev–Trinajstić information content (AvgIpc) is 3.42. The zero-order chi connectivity index (χ0) is 23.3. The van der Waals surface area contributed by atoms with E-state index in [1.807, 2.05) is 18.2 Å². The van der Waals surface area contributed by atoms with Gasteiger partial charge in [-0.2, -0.15) is 0 Å². The molecule has 174 valence electrons. The minimum absolute atomic E-state index is 0.104. The number of carbonyl (C=O) groups is 1. The van der Waals surface area contributed by atoms with Crippen molar-refractivity contribution in [3.8, 4) is 28.7 Å². The fraction of sp³-hybridized carbons (Fsp3) is 0.400. The van der Waals surface area contributed by atoms with Gasteiger partial charge in [-0.05, 0) is 47.4 Å². The van der Waals surface area contributed by atoms with Gasteiger partial charge < -0.3 is 33.5 Å². The largest absolute Gasteiger partial charge is 0.493 e. The van der Waals surface area contributed by atoms with E-state index < -0.39 is 23.4 Å². The van der Waals surface area contributed by atoms with Crippen molar-refractivity contribution in [1.29, 1.82) is 0 Å². The zero-order valence-corrected chi connectivity index (χ0v) is 18.8. The van der Waals surface area contributed by atoms with Gasteiger partial charge in [0.15, 0.2) is 23.0 Å². The molecule has 8 nitrogen and oxygen atoms in total. The van der Waals surface area contributed by atoms with Gasteiger partial charge >= 0.3 is 5.97 Å². The third kappa shape index (κ3) is 2.90. The number of fused-ring (bicyclic) bond motifs is 3. The Hall–Kier alpha value is -3.39. The van der Waals surface area contributed by atoms with E-state index in [0.29, 0.717) is 40.7 Å². The van der Waals surface area contributed by atoms with Crippen LogP contribution in [0.2, 0.25) is 0 Å². The number of allylic oxidation sites excluding steroid dienone is 1. The minimum Gasteiger partial charge on any atom is -0.493 e. The van der Waals surface area contributed by atoms with Gasteiger partial charge in [-0.1, -0.05) is 6.08 Å². The van der Waals surface area contributed by atoms with E-state index in [1.54, 1.807) is 26.4 Å². The topological polar surface area (TPSA) is 92.7 Å². The first-order chi connectivity index (χ1) is 16.0. The predicted octanol–water partition coefficient (Wildman–Crippen LogP) is 3.36. The fourth-order valence-electron chi connectivity index (χ4n) is 5.61. The molecule has 0 amide bonds. The van der Waals surface area contributed by atoms with Crippen LogP contribution in [-0.4, -0.2) is 45.8 Å². The lowest BCUT2D eigenvalue weighted by atomic mass is 9.55. The number of hydrogen-bond donors (Lipinski definition) is 1. The maximum Gasteiger partial charge on any atom is 0.313 e. The Morgan fingerprint density at radius 1 is 1.03 bits per heavy atom. The van der Waals surface area contributed by atoms with Crippen LogP contribution in [0.25, 0.3) is 0 Å². The second-order valence-electron chi connectivity index (χ2n) is 8.41. The Morgan fingerprint density at radius 2 is 1.67 bits per heavy atom. The van der Waals surface area contributed by atoms with Gasteiger partial charge in [0.25, 0.3) is 0 Å². The first kappa shape index (κ1) is 21.5. The molecule has 1 N–H and O–H groups in total. The number of carbonyl (C=O) groups excluding carboxylic acids is 1. The van der Waals surface area contributed by atoms with Crippen LogP contribution in [0.3, 0.4) is 0 Å². The molecule has 1 fully saturated rings. The normalized spacial score (nSPS) is 26.8. The molecule has 0 radical (unpaired) electrons. The van der Waals surface area contributed by atoms with E-state index in [-0.39, 0.29) is 19.4 Å². The molecule has 2 aromatic rings. The number of hydrogen-bond acceptors (Lipinski definition) is 8. The predicted molar refractivity (Wildman–Crippen MR) is 117 cm³/mol. The first-order valence-electron chi connectivity index (χ1n) is 10.7. The zero-order valence-electron chi connectivity index (χ0n) is 18.8. The molecular formula is C25H26O8. The molecule has 0 unspecified atom stereocenters. The van der Waals surface area contributed by atoms with Crippen LogP contribution in [0.4, 0.5) is 0 Å². The number of aliphatic hydroxyl groups is 1. The molecular weight excluding hydrogens is 428 g/mol. The lowest BCUT2D eigenvalue weighted by Crippen LogP contribution is -2.46. The molecule has 8 heteroatoms. The van der Waals surface area contributed by atoms with Crippen LogP contribution in [0.15, 0.2) is 36.9 Å². The van der Waals surface area contributed by atoms with Crippen molar-refractivity contribution >= 4 is 5.97 Å². The van der Waals surface area contributed by atoms with E-state index in [4.69, 9.17) is 28.4 Å². The van der Waals surface area contributed by atoms with Crippen LogP contribution in [-0.2, 0) is 9.53 Å². The molecule has 1 aliphatic carbocycles. The molecule has 2 aliphatic heterocycles. The van der Waals surface area contributed by atoms with Gasteiger partial charge in [-0.15, -0.1) is 6.58 Å². The van der Waals surface area contributed by atoms with E-state index in [0.717, 1.165) is 11.1 Å². The molecule has 4 atom stereocenters. The number of ether oxygens (including phenoxy) is 6. The maximum absolute atomic E-state index is 13.4. The van der Waals surface area contributed by atoms with Crippen LogP contribution in [0.1, 0.15) is 35.1 Å². The van der Waals surface area contributed by atoms with Crippen molar-refractivity contribution in [3.05, 3.63) is 53.6 Å². The highest BCUT2D eigenvalue weighted by Gasteiger charge is 2.63. The summed E-state index contributed by atoms with van der Waals surface area (Å²) in [5.41, 5.74) is 1.15. The van der Waals surface area contributed by atoms with Crippen molar-refractivity contribution < 1.29 is 38.3 Å². The van der Waals surface area contributed by atoms with Gasteiger partial charge in [0.2, 0.25) is 12.5 Å². The van der Waals surface area contributed by atoms with Gasteiger partial charge in [0.05, 0.1) is 39.5 Å². The molecule has 0 bridgehead atoms. The second kappa shape index (κ2) is 7.88. The van der Waals surface area contributed by atoms with E-state index >= 15 is 0 Å². The Labute approximate surface area is 191 Å². The summed E-state index contributed by atoms with van der Waals surface area (Å²) in [5, 5.41) is 11.4. The lowest BCUT2D eigenvalue weighted by molar-refractivity contribution is -0.148. The molecule has 0 aromatic heterocycles. The number of aliphatic hydroxyl groups excluding tert-OH is 1. The summed E-state index contributed by atoms with van der Waals surface area (Å²) in [4.78, 5) is 13.4. The highest BCUT2D eigenvalue weighted by molar-refractivity contribution is 5.83. The molecule has 33 heavy (non-hydrogen) atoms. The number of esters is 1. The van der Waals surface area contributed by atoms with E-state index in [9.17, 15) is 9.90 Å². The van der Waals surface area contributed by atoms with Crippen LogP contribution < -0.4 is 23.7 Å². The van der Waals surface area contributed by atoms with E-state index in [1.165, 1.54) is 7.11 Å². The minimum atomic E-state index is -1.06. The quantitative estimate of drug-likeness (QED) is 0.525. The van der Waals surface area contributed by atoms with Gasteiger partial charge in [-0.25, -0.2) is 0 Å². The summed E-state index contributed by atoms with van der Waals surface area (Å²) < 4.78 is 33.4.